The van der Waals surface area contributed by atoms with Gasteiger partial charge in [-0.1, -0.05) is 19.1 Å². The first-order valence-corrected chi connectivity index (χ1v) is 7.57. The Morgan fingerprint density at radius 2 is 2.10 bits per heavy atom. The van der Waals surface area contributed by atoms with Crippen molar-refractivity contribution in [1.82, 2.24) is 5.32 Å². The first kappa shape index (κ1) is 15.9. The van der Waals surface area contributed by atoms with E-state index in [-0.39, 0.29) is 10.6 Å². The van der Waals surface area contributed by atoms with Gasteiger partial charge in [0.2, 0.25) is 0 Å². The molecule has 116 valence electrons. The van der Waals surface area contributed by atoms with E-state index in [0.29, 0.717) is 24.6 Å². The highest BCUT2D eigenvalue weighted by atomic mass is 16.6. The molecule has 0 radical (unpaired) electrons. The Morgan fingerprint density at radius 1 is 1.43 bits per heavy atom. The third kappa shape index (κ3) is 4.25. The van der Waals surface area contributed by atoms with E-state index in [0.717, 1.165) is 31.2 Å². The molecule has 0 amide bonds. The number of rotatable bonds is 5. The number of hydrogen-bond acceptors (Lipinski definition) is 4. The molecule has 5 heteroatoms. The second-order valence-corrected chi connectivity index (χ2v) is 6.39. The van der Waals surface area contributed by atoms with Crippen molar-refractivity contribution in [2.45, 2.75) is 51.7 Å². The van der Waals surface area contributed by atoms with E-state index in [1.54, 1.807) is 19.1 Å². The molecular formula is C16H24N2O3. The lowest BCUT2D eigenvalue weighted by Crippen LogP contribution is -2.43. The van der Waals surface area contributed by atoms with Gasteiger partial charge >= 0.3 is 0 Å². The van der Waals surface area contributed by atoms with Crippen molar-refractivity contribution in [3.63, 3.8) is 0 Å². The molecule has 0 atom stereocenters. The van der Waals surface area contributed by atoms with Gasteiger partial charge in [-0.2, -0.15) is 0 Å². The summed E-state index contributed by atoms with van der Waals surface area (Å²) < 4.78 is 0. The minimum absolute atomic E-state index is 0.152. The number of nitro benzene ring substituents is 1. The molecule has 0 aliphatic heterocycles. The average molecular weight is 292 g/mol. The minimum atomic E-state index is -0.622. The highest BCUT2D eigenvalue weighted by Gasteiger charge is 2.31. The molecule has 21 heavy (non-hydrogen) atoms. The van der Waals surface area contributed by atoms with E-state index >= 15 is 0 Å². The lowest BCUT2D eigenvalue weighted by atomic mass is 9.79. The zero-order valence-electron chi connectivity index (χ0n) is 12.8. The summed E-state index contributed by atoms with van der Waals surface area (Å²) in [6.45, 7) is 5.04. The Kier molecular flexibility index (Phi) is 4.96. The molecule has 0 bridgehead atoms. The monoisotopic (exact) mass is 292 g/mol. The smallest absolute Gasteiger partial charge is 0.272 e. The van der Waals surface area contributed by atoms with Crippen LogP contribution in [0.25, 0.3) is 0 Å². The number of nitrogens with zero attached hydrogens (tertiary/aromatic N) is 1. The third-order valence-electron chi connectivity index (χ3n) is 4.46. The van der Waals surface area contributed by atoms with E-state index in [1.165, 1.54) is 0 Å². The van der Waals surface area contributed by atoms with Gasteiger partial charge in [0.15, 0.2) is 0 Å². The molecule has 1 saturated carbocycles. The van der Waals surface area contributed by atoms with Gasteiger partial charge in [-0.05, 0) is 44.1 Å². The topological polar surface area (TPSA) is 75.4 Å². The summed E-state index contributed by atoms with van der Waals surface area (Å²) >= 11 is 0. The fraction of sp³-hybridized carbons (Fsp3) is 0.625. The van der Waals surface area contributed by atoms with Crippen LogP contribution in [0, 0.1) is 23.0 Å². The Hall–Kier alpha value is -1.46. The fourth-order valence-corrected chi connectivity index (χ4v) is 2.88. The molecule has 0 aromatic heterocycles. The lowest BCUT2D eigenvalue weighted by Gasteiger charge is -2.35. The molecule has 1 aliphatic rings. The number of hydrogen-bond donors (Lipinski definition) is 2. The summed E-state index contributed by atoms with van der Waals surface area (Å²) in [7, 11) is 0. The van der Waals surface area contributed by atoms with Gasteiger partial charge in [0.25, 0.3) is 5.69 Å². The van der Waals surface area contributed by atoms with Crippen LogP contribution in [0.5, 0.6) is 0 Å². The van der Waals surface area contributed by atoms with Gasteiger partial charge in [0.05, 0.1) is 10.5 Å². The largest absolute Gasteiger partial charge is 0.389 e. The summed E-state index contributed by atoms with van der Waals surface area (Å²) in [6, 6.07) is 5.27. The van der Waals surface area contributed by atoms with Crippen LogP contribution in [0.15, 0.2) is 18.2 Å². The maximum absolute atomic E-state index is 10.9. The van der Waals surface area contributed by atoms with Gasteiger partial charge in [-0.15, -0.1) is 0 Å². The normalized spacial score (nSPS) is 25.8. The molecule has 1 aromatic rings. The molecule has 0 saturated heterocycles. The SMILES string of the molecule is Cc1ccc(CNCC2(O)CCC(C)CC2)cc1[N+](=O)[O-]. The number of aryl methyl sites for hydroxylation is 1. The molecule has 0 spiro atoms. The molecular weight excluding hydrogens is 268 g/mol. The van der Waals surface area contributed by atoms with Crippen LogP contribution in [-0.4, -0.2) is 22.2 Å². The maximum atomic E-state index is 10.9. The van der Waals surface area contributed by atoms with E-state index in [1.807, 2.05) is 6.07 Å². The van der Waals surface area contributed by atoms with Crippen molar-refractivity contribution in [1.29, 1.82) is 0 Å². The van der Waals surface area contributed by atoms with E-state index < -0.39 is 5.60 Å². The van der Waals surface area contributed by atoms with Gasteiger partial charge < -0.3 is 10.4 Å². The van der Waals surface area contributed by atoms with Crippen LogP contribution < -0.4 is 5.32 Å². The van der Waals surface area contributed by atoms with Crippen molar-refractivity contribution < 1.29 is 10.0 Å². The molecule has 0 unspecified atom stereocenters. The van der Waals surface area contributed by atoms with Crippen LogP contribution >= 0.6 is 0 Å². The lowest BCUT2D eigenvalue weighted by molar-refractivity contribution is -0.385. The van der Waals surface area contributed by atoms with E-state index in [9.17, 15) is 15.2 Å². The summed E-state index contributed by atoms with van der Waals surface area (Å²) in [4.78, 5) is 10.6. The van der Waals surface area contributed by atoms with Crippen molar-refractivity contribution >= 4 is 5.69 Å². The minimum Gasteiger partial charge on any atom is -0.389 e. The second kappa shape index (κ2) is 6.54. The van der Waals surface area contributed by atoms with Crippen LogP contribution in [0.2, 0.25) is 0 Å². The molecule has 1 aliphatic carbocycles. The molecule has 1 fully saturated rings. The highest BCUT2D eigenvalue weighted by molar-refractivity contribution is 5.42. The Morgan fingerprint density at radius 3 is 2.71 bits per heavy atom. The van der Waals surface area contributed by atoms with E-state index in [4.69, 9.17) is 0 Å². The van der Waals surface area contributed by atoms with Gasteiger partial charge in [0.1, 0.15) is 0 Å². The zero-order chi connectivity index (χ0) is 15.5. The summed E-state index contributed by atoms with van der Waals surface area (Å²) in [5.41, 5.74) is 1.08. The average Bonchev–Trinajstić information content (AvgIpc) is 2.44. The van der Waals surface area contributed by atoms with Crippen LogP contribution in [0.4, 0.5) is 5.69 Å². The van der Waals surface area contributed by atoms with Crippen molar-refractivity contribution in [2.75, 3.05) is 6.54 Å². The van der Waals surface area contributed by atoms with Gasteiger partial charge in [-0.25, -0.2) is 0 Å². The highest BCUT2D eigenvalue weighted by Crippen LogP contribution is 2.31. The summed E-state index contributed by atoms with van der Waals surface area (Å²) in [5, 5.41) is 24.6. The molecule has 2 N–H and O–H groups in total. The third-order valence-corrected chi connectivity index (χ3v) is 4.46. The van der Waals surface area contributed by atoms with Crippen LogP contribution in [-0.2, 0) is 6.54 Å². The van der Waals surface area contributed by atoms with Crippen LogP contribution in [0.3, 0.4) is 0 Å². The number of nitrogens with one attached hydrogen (secondary N) is 1. The first-order valence-electron chi connectivity index (χ1n) is 7.57. The van der Waals surface area contributed by atoms with Gasteiger partial charge in [-0.3, -0.25) is 10.1 Å². The Bertz CT molecular complexity index is 508. The Labute approximate surface area is 125 Å². The predicted molar refractivity (Wildman–Crippen MR) is 82.1 cm³/mol. The zero-order valence-corrected chi connectivity index (χ0v) is 12.8. The number of benzene rings is 1. The van der Waals surface area contributed by atoms with E-state index in [2.05, 4.69) is 12.2 Å². The number of nitro groups is 1. The standard InChI is InChI=1S/C16H24N2O3/c1-12-5-7-16(19,8-6-12)11-17-10-14-4-3-13(2)15(9-14)18(20)21/h3-4,9,12,17,19H,5-8,10-11H2,1-2H3. The molecule has 1 aromatic carbocycles. The first-order chi connectivity index (χ1) is 9.89. The summed E-state index contributed by atoms with van der Waals surface area (Å²) in [6.07, 6.45) is 3.78. The Balaban J connectivity index is 1.89. The predicted octanol–water partition coefficient (Wildman–Crippen LogP) is 2.93. The maximum Gasteiger partial charge on any atom is 0.272 e. The molecule has 2 rings (SSSR count). The van der Waals surface area contributed by atoms with Crippen molar-refractivity contribution in [2.24, 2.45) is 5.92 Å². The van der Waals surface area contributed by atoms with Crippen molar-refractivity contribution in [3.05, 3.63) is 39.4 Å². The number of aliphatic hydroxyl groups is 1. The molecule has 5 nitrogen and oxygen atoms in total. The fourth-order valence-electron chi connectivity index (χ4n) is 2.88. The van der Waals surface area contributed by atoms with Crippen molar-refractivity contribution in [3.8, 4) is 0 Å². The summed E-state index contributed by atoms with van der Waals surface area (Å²) in [5.74, 6) is 0.699. The van der Waals surface area contributed by atoms with Gasteiger partial charge in [0, 0.05) is 24.7 Å². The second-order valence-electron chi connectivity index (χ2n) is 6.39. The molecule has 0 heterocycles. The van der Waals surface area contributed by atoms with Crippen LogP contribution in [0.1, 0.15) is 43.7 Å². The quantitative estimate of drug-likeness (QED) is 0.646.